The van der Waals surface area contributed by atoms with E-state index in [1.165, 1.54) is 17.0 Å². The summed E-state index contributed by atoms with van der Waals surface area (Å²) in [6.45, 7) is 2.43. The Kier molecular flexibility index (Phi) is 5.37. The van der Waals surface area contributed by atoms with E-state index in [2.05, 4.69) is 4.98 Å². The van der Waals surface area contributed by atoms with Crippen LogP contribution < -0.4 is 0 Å². The van der Waals surface area contributed by atoms with Gasteiger partial charge in [-0.2, -0.15) is 0 Å². The minimum atomic E-state index is -1.13. The Hall–Kier alpha value is -3.08. The number of amides is 1. The van der Waals surface area contributed by atoms with Gasteiger partial charge in [-0.25, -0.2) is 8.78 Å². The number of carbonyl (C=O) groups is 1. The summed E-state index contributed by atoms with van der Waals surface area (Å²) in [6.07, 6.45) is 1.63. The zero-order valence-electron chi connectivity index (χ0n) is 14.3. The van der Waals surface area contributed by atoms with Gasteiger partial charge in [0.15, 0.2) is 11.6 Å². The van der Waals surface area contributed by atoms with Crippen molar-refractivity contribution in [2.75, 3.05) is 0 Å². The second-order valence-electron chi connectivity index (χ2n) is 6.07. The third kappa shape index (κ3) is 4.11. The van der Waals surface area contributed by atoms with E-state index >= 15 is 0 Å². The largest absolute Gasteiger partial charge is 0.328 e. The molecule has 26 heavy (non-hydrogen) atoms. The van der Waals surface area contributed by atoms with Crippen molar-refractivity contribution in [1.29, 1.82) is 0 Å². The van der Waals surface area contributed by atoms with Crippen molar-refractivity contribution >= 4 is 5.91 Å². The van der Waals surface area contributed by atoms with E-state index in [-0.39, 0.29) is 18.7 Å². The molecule has 0 saturated carbocycles. The monoisotopic (exact) mass is 352 g/mol. The second kappa shape index (κ2) is 7.87. The Bertz CT molecular complexity index is 913. The molecule has 0 unspecified atom stereocenters. The summed E-state index contributed by atoms with van der Waals surface area (Å²) in [4.78, 5) is 18.6. The van der Waals surface area contributed by atoms with Crippen LogP contribution >= 0.6 is 0 Å². The van der Waals surface area contributed by atoms with Crippen molar-refractivity contribution in [3.8, 4) is 0 Å². The van der Waals surface area contributed by atoms with E-state index in [0.717, 1.165) is 17.2 Å². The Morgan fingerprint density at radius 3 is 2.54 bits per heavy atom. The molecule has 1 heterocycles. The number of hydrogen-bond acceptors (Lipinski definition) is 2. The molecule has 1 amide bonds. The lowest BCUT2D eigenvalue weighted by Crippen LogP contribution is -2.31. The fourth-order valence-electron chi connectivity index (χ4n) is 2.76. The van der Waals surface area contributed by atoms with Crippen LogP contribution in [0.3, 0.4) is 0 Å². The second-order valence-corrected chi connectivity index (χ2v) is 6.07. The molecule has 0 fully saturated rings. The van der Waals surface area contributed by atoms with Gasteiger partial charge in [0.25, 0.3) is 5.91 Å². The van der Waals surface area contributed by atoms with Crippen LogP contribution in [0, 0.1) is 18.6 Å². The van der Waals surface area contributed by atoms with Gasteiger partial charge in [-0.3, -0.25) is 9.78 Å². The van der Waals surface area contributed by atoms with Crippen LogP contribution in [0.1, 0.15) is 27.2 Å². The molecule has 0 aliphatic rings. The van der Waals surface area contributed by atoms with Crippen molar-refractivity contribution in [2.45, 2.75) is 20.0 Å². The fraction of sp³-hybridized carbons (Fsp3) is 0.143. The maximum atomic E-state index is 14.1. The van der Waals surface area contributed by atoms with Gasteiger partial charge in [-0.05, 0) is 36.8 Å². The molecule has 5 heteroatoms. The average molecular weight is 352 g/mol. The van der Waals surface area contributed by atoms with E-state index in [4.69, 9.17) is 0 Å². The summed E-state index contributed by atoms with van der Waals surface area (Å²) in [5.74, 6) is -2.74. The van der Waals surface area contributed by atoms with Crippen LogP contribution in [0.25, 0.3) is 0 Å². The number of rotatable bonds is 5. The Balaban J connectivity index is 1.93. The summed E-state index contributed by atoms with van der Waals surface area (Å²) in [5.41, 5.74) is 2.36. The molecule has 0 radical (unpaired) electrons. The van der Waals surface area contributed by atoms with E-state index < -0.39 is 17.5 Å². The maximum Gasteiger partial charge on any atom is 0.257 e. The molecule has 0 aliphatic heterocycles. The standard InChI is InChI=1S/C21H18F2N2O/c1-15-6-4-7-16(12-15)13-25(14-17-8-2-3-11-24-17)21(26)18-9-5-10-19(22)20(18)23/h2-12H,13-14H2,1H3. The first-order valence-corrected chi connectivity index (χ1v) is 8.23. The number of aromatic nitrogens is 1. The molecule has 0 atom stereocenters. The van der Waals surface area contributed by atoms with Crippen molar-refractivity contribution in [1.82, 2.24) is 9.88 Å². The molecule has 0 N–H and O–H groups in total. The molecular formula is C21H18F2N2O. The molecule has 3 nitrogen and oxygen atoms in total. The van der Waals surface area contributed by atoms with Crippen LogP contribution in [0.4, 0.5) is 8.78 Å². The number of pyridine rings is 1. The van der Waals surface area contributed by atoms with E-state index in [1.54, 1.807) is 18.3 Å². The first-order chi connectivity index (χ1) is 12.5. The van der Waals surface area contributed by atoms with Crippen LogP contribution in [0.2, 0.25) is 0 Å². The number of nitrogens with zero attached hydrogens (tertiary/aromatic N) is 2. The van der Waals surface area contributed by atoms with Crippen LogP contribution in [-0.4, -0.2) is 15.8 Å². The number of benzene rings is 2. The van der Waals surface area contributed by atoms with Gasteiger partial charge in [-0.15, -0.1) is 0 Å². The summed E-state index contributed by atoms with van der Waals surface area (Å²) < 4.78 is 27.7. The topological polar surface area (TPSA) is 33.2 Å². The van der Waals surface area contributed by atoms with Crippen molar-refractivity contribution < 1.29 is 13.6 Å². The zero-order valence-corrected chi connectivity index (χ0v) is 14.3. The minimum Gasteiger partial charge on any atom is -0.328 e. The lowest BCUT2D eigenvalue weighted by Gasteiger charge is -2.23. The maximum absolute atomic E-state index is 14.1. The average Bonchev–Trinajstić information content (AvgIpc) is 2.64. The Morgan fingerprint density at radius 1 is 1.00 bits per heavy atom. The molecule has 0 bridgehead atoms. The summed E-state index contributed by atoms with van der Waals surface area (Å²) >= 11 is 0. The van der Waals surface area contributed by atoms with Crippen molar-refractivity contribution in [2.24, 2.45) is 0 Å². The molecule has 3 aromatic rings. The molecule has 2 aromatic carbocycles. The third-order valence-corrected chi connectivity index (χ3v) is 4.00. The number of carbonyl (C=O) groups excluding carboxylic acids is 1. The summed E-state index contributed by atoms with van der Waals surface area (Å²) in [7, 11) is 0. The van der Waals surface area contributed by atoms with Crippen molar-refractivity contribution in [3.05, 3.63) is 101 Å². The Morgan fingerprint density at radius 2 is 1.81 bits per heavy atom. The fourth-order valence-corrected chi connectivity index (χ4v) is 2.76. The highest BCUT2D eigenvalue weighted by Gasteiger charge is 2.22. The van der Waals surface area contributed by atoms with E-state index in [9.17, 15) is 13.6 Å². The van der Waals surface area contributed by atoms with Gasteiger partial charge < -0.3 is 4.90 Å². The molecule has 1 aromatic heterocycles. The molecule has 0 saturated heterocycles. The smallest absolute Gasteiger partial charge is 0.257 e. The van der Waals surface area contributed by atoms with Crippen LogP contribution in [-0.2, 0) is 13.1 Å². The summed E-state index contributed by atoms with van der Waals surface area (Å²) in [6, 6.07) is 16.7. The lowest BCUT2D eigenvalue weighted by atomic mass is 10.1. The number of halogens is 2. The molecular weight excluding hydrogens is 334 g/mol. The van der Waals surface area contributed by atoms with Crippen LogP contribution in [0.15, 0.2) is 66.9 Å². The highest BCUT2D eigenvalue weighted by atomic mass is 19.2. The molecule has 3 rings (SSSR count). The first kappa shape index (κ1) is 17.7. The highest BCUT2D eigenvalue weighted by molar-refractivity contribution is 5.94. The van der Waals surface area contributed by atoms with Gasteiger partial charge in [0, 0.05) is 12.7 Å². The molecule has 0 aliphatic carbocycles. The van der Waals surface area contributed by atoms with Gasteiger partial charge in [0.05, 0.1) is 17.8 Å². The first-order valence-electron chi connectivity index (χ1n) is 8.23. The molecule has 132 valence electrons. The van der Waals surface area contributed by atoms with Crippen LogP contribution in [0.5, 0.6) is 0 Å². The Labute approximate surface area is 150 Å². The van der Waals surface area contributed by atoms with E-state index in [1.807, 2.05) is 37.3 Å². The van der Waals surface area contributed by atoms with Gasteiger partial charge in [0.2, 0.25) is 0 Å². The third-order valence-electron chi connectivity index (χ3n) is 4.00. The zero-order chi connectivity index (χ0) is 18.5. The predicted octanol–water partition coefficient (Wildman–Crippen LogP) is 4.51. The SMILES string of the molecule is Cc1cccc(CN(Cc2ccccn2)C(=O)c2cccc(F)c2F)c1. The minimum absolute atomic E-state index is 0.198. The van der Waals surface area contributed by atoms with Gasteiger partial charge >= 0.3 is 0 Å². The highest BCUT2D eigenvalue weighted by Crippen LogP contribution is 2.18. The van der Waals surface area contributed by atoms with E-state index in [0.29, 0.717) is 5.69 Å². The normalized spacial score (nSPS) is 10.6. The number of aryl methyl sites for hydroxylation is 1. The van der Waals surface area contributed by atoms with Gasteiger partial charge in [0.1, 0.15) is 0 Å². The summed E-state index contributed by atoms with van der Waals surface area (Å²) in [5, 5.41) is 0. The van der Waals surface area contributed by atoms with Crippen molar-refractivity contribution in [3.63, 3.8) is 0 Å². The quantitative estimate of drug-likeness (QED) is 0.677. The van der Waals surface area contributed by atoms with Gasteiger partial charge in [-0.1, -0.05) is 42.0 Å². The number of hydrogen-bond donors (Lipinski definition) is 0. The predicted molar refractivity (Wildman–Crippen MR) is 95.4 cm³/mol. The molecule has 0 spiro atoms. The lowest BCUT2D eigenvalue weighted by molar-refractivity contribution is 0.0722.